The van der Waals surface area contributed by atoms with Crippen molar-refractivity contribution >= 4 is 5.91 Å². The van der Waals surface area contributed by atoms with Crippen LogP contribution in [0, 0.1) is 11.6 Å². The first-order valence-electron chi connectivity index (χ1n) is 6.93. The number of β-amino-alcohol motifs (C(OH)–C–C–N with tert-alkyl or cyclic N) is 1. The first-order valence-corrected chi connectivity index (χ1v) is 6.93. The number of likely N-dealkylation sites (tertiary alicyclic amines) is 1. The molecule has 0 aliphatic carbocycles. The van der Waals surface area contributed by atoms with Gasteiger partial charge in [-0.05, 0) is 32.1 Å². The first kappa shape index (κ1) is 15.9. The summed E-state index contributed by atoms with van der Waals surface area (Å²) >= 11 is 0. The van der Waals surface area contributed by atoms with E-state index in [1.807, 2.05) is 19.0 Å². The molecule has 1 heterocycles. The second-order valence-corrected chi connectivity index (χ2v) is 5.76. The Bertz CT molecular complexity index is 522. The maximum Gasteiger partial charge on any atom is 0.227 e. The van der Waals surface area contributed by atoms with Crippen LogP contribution in [-0.4, -0.2) is 60.1 Å². The molecule has 1 aromatic carbocycles. The van der Waals surface area contributed by atoms with E-state index < -0.39 is 17.7 Å². The fourth-order valence-corrected chi connectivity index (χ4v) is 2.72. The van der Waals surface area contributed by atoms with E-state index in [1.165, 1.54) is 6.07 Å². The zero-order chi connectivity index (χ0) is 15.6. The Morgan fingerprint density at radius 1 is 1.43 bits per heavy atom. The smallest absolute Gasteiger partial charge is 0.227 e. The van der Waals surface area contributed by atoms with Gasteiger partial charge in [0, 0.05) is 25.2 Å². The second-order valence-electron chi connectivity index (χ2n) is 5.76. The molecule has 0 radical (unpaired) electrons. The largest absolute Gasteiger partial charge is 0.391 e. The fourth-order valence-electron chi connectivity index (χ4n) is 2.72. The molecule has 21 heavy (non-hydrogen) atoms. The summed E-state index contributed by atoms with van der Waals surface area (Å²) < 4.78 is 26.5. The molecule has 0 saturated carbocycles. The van der Waals surface area contributed by atoms with Crippen LogP contribution in [-0.2, 0) is 11.2 Å². The Morgan fingerprint density at radius 2 is 2.14 bits per heavy atom. The highest BCUT2D eigenvalue weighted by molar-refractivity contribution is 5.79. The van der Waals surface area contributed by atoms with Crippen molar-refractivity contribution in [2.75, 3.05) is 27.2 Å². The van der Waals surface area contributed by atoms with Crippen molar-refractivity contribution in [3.63, 3.8) is 0 Å². The highest BCUT2D eigenvalue weighted by Gasteiger charge is 2.34. The van der Waals surface area contributed by atoms with Gasteiger partial charge < -0.3 is 14.9 Å². The maximum absolute atomic E-state index is 13.6. The van der Waals surface area contributed by atoms with E-state index in [4.69, 9.17) is 0 Å². The molecule has 1 amide bonds. The third kappa shape index (κ3) is 3.98. The first-order chi connectivity index (χ1) is 9.86. The Kier molecular flexibility index (Phi) is 4.90. The average molecular weight is 298 g/mol. The molecule has 6 heteroatoms. The highest BCUT2D eigenvalue weighted by Crippen LogP contribution is 2.20. The molecule has 116 valence electrons. The molecule has 1 saturated heterocycles. The summed E-state index contributed by atoms with van der Waals surface area (Å²) in [6.07, 6.45) is -0.143. The number of carbonyl (C=O) groups is 1. The van der Waals surface area contributed by atoms with Gasteiger partial charge in [0.25, 0.3) is 0 Å². The van der Waals surface area contributed by atoms with Crippen molar-refractivity contribution in [3.05, 3.63) is 35.4 Å². The number of aliphatic hydroxyl groups is 1. The molecule has 4 nitrogen and oxygen atoms in total. The summed E-state index contributed by atoms with van der Waals surface area (Å²) in [5, 5.41) is 9.75. The van der Waals surface area contributed by atoms with Gasteiger partial charge in [-0.25, -0.2) is 8.78 Å². The van der Waals surface area contributed by atoms with Gasteiger partial charge in [-0.1, -0.05) is 6.07 Å². The molecule has 2 atom stereocenters. The summed E-state index contributed by atoms with van der Waals surface area (Å²) in [5.41, 5.74) is 0.173. The van der Waals surface area contributed by atoms with E-state index in [-0.39, 0.29) is 30.5 Å². The third-order valence-corrected chi connectivity index (χ3v) is 3.65. The van der Waals surface area contributed by atoms with E-state index in [9.17, 15) is 18.7 Å². The maximum atomic E-state index is 13.6. The third-order valence-electron chi connectivity index (χ3n) is 3.65. The van der Waals surface area contributed by atoms with Gasteiger partial charge in [0.1, 0.15) is 11.6 Å². The van der Waals surface area contributed by atoms with E-state index in [1.54, 1.807) is 4.90 Å². The Balaban J connectivity index is 2.07. The Hall–Kier alpha value is -1.53. The van der Waals surface area contributed by atoms with Gasteiger partial charge in [0.05, 0.1) is 12.5 Å². The summed E-state index contributed by atoms with van der Waals surface area (Å²) in [7, 11) is 3.79. The monoisotopic (exact) mass is 298 g/mol. The quantitative estimate of drug-likeness (QED) is 0.903. The van der Waals surface area contributed by atoms with E-state index >= 15 is 0 Å². The van der Waals surface area contributed by atoms with Crippen LogP contribution in [0.5, 0.6) is 0 Å². The van der Waals surface area contributed by atoms with Crippen LogP contribution in [0.25, 0.3) is 0 Å². The molecule has 2 unspecified atom stereocenters. The molecule has 1 aromatic rings. The molecular formula is C15H20F2N2O2. The minimum Gasteiger partial charge on any atom is -0.391 e. The molecule has 1 fully saturated rings. The van der Waals surface area contributed by atoms with Gasteiger partial charge in [-0.2, -0.15) is 0 Å². The van der Waals surface area contributed by atoms with Crippen LogP contribution in [0.2, 0.25) is 0 Å². The van der Waals surface area contributed by atoms with Gasteiger partial charge in [0.15, 0.2) is 0 Å². The average Bonchev–Trinajstić information content (AvgIpc) is 2.73. The van der Waals surface area contributed by atoms with Crippen LogP contribution in [0.3, 0.4) is 0 Å². The van der Waals surface area contributed by atoms with E-state index in [0.717, 1.165) is 12.1 Å². The number of hydrogen-bond acceptors (Lipinski definition) is 3. The summed E-state index contributed by atoms with van der Waals surface area (Å²) in [6.45, 7) is 0.912. The predicted octanol–water partition coefficient (Wildman–Crippen LogP) is 1.03. The molecule has 0 aromatic heterocycles. The van der Waals surface area contributed by atoms with E-state index in [0.29, 0.717) is 13.0 Å². The number of amides is 1. The molecule has 1 N–H and O–H groups in total. The predicted molar refractivity (Wildman–Crippen MR) is 74.7 cm³/mol. The van der Waals surface area contributed by atoms with Gasteiger partial charge in [-0.15, -0.1) is 0 Å². The Labute approximate surface area is 123 Å². The standard InChI is InChI=1S/C15H20F2N2O2/c1-18(2)8-12-7-13(20)9-19(12)15(21)5-10-3-4-11(16)6-14(10)17/h3-4,6,12-13,20H,5,7-9H2,1-2H3. The van der Waals surface area contributed by atoms with Crippen molar-refractivity contribution in [2.24, 2.45) is 0 Å². The van der Waals surface area contributed by atoms with Crippen LogP contribution < -0.4 is 0 Å². The summed E-state index contributed by atoms with van der Waals surface area (Å²) in [4.78, 5) is 15.9. The minimum atomic E-state index is -0.716. The number of halogens is 2. The van der Waals surface area contributed by atoms with Gasteiger partial charge in [-0.3, -0.25) is 4.79 Å². The molecule has 2 rings (SSSR count). The lowest BCUT2D eigenvalue weighted by atomic mass is 10.1. The number of likely N-dealkylation sites (N-methyl/N-ethyl adjacent to an activating group) is 1. The molecular weight excluding hydrogens is 278 g/mol. The van der Waals surface area contributed by atoms with Crippen molar-refractivity contribution < 1.29 is 18.7 Å². The topological polar surface area (TPSA) is 43.8 Å². The lowest BCUT2D eigenvalue weighted by Crippen LogP contribution is -2.42. The number of rotatable bonds is 4. The van der Waals surface area contributed by atoms with Gasteiger partial charge in [0.2, 0.25) is 5.91 Å². The summed E-state index contributed by atoms with van der Waals surface area (Å²) in [5.74, 6) is -1.62. The van der Waals surface area contributed by atoms with E-state index in [2.05, 4.69) is 0 Å². The zero-order valence-corrected chi connectivity index (χ0v) is 12.2. The van der Waals surface area contributed by atoms with Crippen molar-refractivity contribution in [2.45, 2.75) is 25.0 Å². The van der Waals surface area contributed by atoms with Gasteiger partial charge >= 0.3 is 0 Å². The van der Waals surface area contributed by atoms with Crippen molar-refractivity contribution in [3.8, 4) is 0 Å². The molecule has 1 aliphatic rings. The number of benzene rings is 1. The van der Waals surface area contributed by atoms with Crippen LogP contribution >= 0.6 is 0 Å². The normalized spacial score (nSPS) is 22.1. The number of aliphatic hydroxyl groups excluding tert-OH is 1. The molecule has 1 aliphatic heterocycles. The SMILES string of the molecule is CN(C)CC1CC(O)CN1C(=O)Cc1ccc(F)cc1F. The Morgan fingerprint density at radius 3 is 2.76 bits per heavy atom. The molecule has 0 spiro atoms. The van der Waals surface area contributed by atoms with Crippen LogP contribution in [0.1, 0.15) is 12.0 Å². The molecule has 0 bridgehead atoms. The minimum absolute atomic E-state index is 0.0778. The zero-order valence-electron chi connectivity index (χ0n) is 12.2. The number of hydrogen-bond donors (Lipinski definition) is 1. The van der Waals surface area contributed by atoms with Crippen molar-refractivity contribution in [1.29, 1.82) is 0 Å². The lowest BCUT2D eigenvalue weighted by Gasteiger charge is -2.27. The fraction of sp³-hybridized carbons (Fsp3) is 0.533. The van der Waals surface area contributed by atoms with Crippen molar-refractivity contribution in [1.82, 2.24) is 9.80 Å². The summed E-state index contributed by atoms with van der Waals surface area (Å²) in [6, 6.07) is 3.13. The number of carbonyl (C=O) groups excluding carboxylic acids is 1. The van der Waals surface area contributed by atoms with Crippen LogP contribution in [0.15, 0.2) is 18.2 Å². The lowest BCUT2D eigenvalue weighted by molar-refractivity contribution is -0.131. The second kappa shape index (κ2) is 6.49. The van der Waals surface area contributed by atoms with Crippen LogP contribution in [0.4, 0.5) is 8.78 Å². The number of nitrogens with zero attached hydrogens (tertiary/aromatic N) is 2. The highest BCUT2D eigenvalue weighted by atomic mass is 19.1.